The highest BCUT2D eigenvalue weighted by molar-refractivity contribution is 6.07. The third kappa shape index (κ3) is 8.78. The zero-order valence-corrected chi connectivity index (χ0v) is 27.2. The molecule has 10 heteroatoms. The molecule has 0 bridgehead atoms. The van der Waals surface area contributed by atoms with E-state index >= 15 is 0 Å². The number of fused-ring (bicyclic) bond motifs is 1. The quantitative estimate of drug-likeness (QED) is 0.234. The number of nitrogens with one attached hydrogen (secondary N) is 3. The molecule has 0 aromatic heterocycles. The van der Waals surface area contributed by atoms with Crippen LogP contribution in [0.15, 0.2) is 66.7 Å². The zero-order chi connectivity index (χ0) is 32.7. The standard InChI is InChI=1S/C36H45N5O5/c1-5-40-18-8-9-28(40)24-41(35(44)37-27-16-17-31-32(21-27)46-20-19-45-31)23-25-12-14-26(15-13-25)34(43)39-30-11-7-6-10-29(30)38-33(42)22-36(2,3)4/h6-7,10-17,21,28H,5,8-9,18-20,22-24H2,1-4H3,(H,37,44)(H,38,42)(H,39,43). The maximum atomic E-state index is 13.7. The Kier molecular flexibility index (Phi) is 10.5. The fourth-order valence-corrected chi connectivity index (χ4v) is 5.87. The van der Waals surface area contributed by atoms with Crippen molar-refractivity contribution >= 4 is 34.9 Å². The second-order valence-electron chi connectivity index (χ2n) is 13.1. The van der Waals surface area contributed by atoms with Gasteiger partial charge in [0.1, 0.15) is 13.2 Å². The number of carbonyl (C=O) groups excluding carboxylic acids is 3. The number of urea groups is 1. The first-order valence-electron chi connectivity index (χ1n) is 16.1. The number of likely N-dealkylation sites (tertiary alicyclic amines) is 1. The van der Waals surface area contributed by atoms with Crippen LogP contribution in [0.1, 0.15) is 62.9 Å². The minimum Gasteiger partial charge on any atom is -0.486 e. The smallest absolute Gasteiger partial charge is 0.322 e. The van der Waals surface area contributed by atoms with Crippen LogP contribution in [0.4, 0.5) is 21.9 Å². The lowest BCUT2D eigenvalue weighted by Crippen LogP contribution is -2.44. The van der Waals surface area contributed by atoms with E-state index in [0.717, 1.165) is 31.5 Å². The number of anilines is 3. The number of nitrogens with zero attached hydrogens (tertiary/aromatic N) is 2. The predicted molar refractivity (Wildman–Crippen MR) is 181 cm³/mol. The number of hydrogen-bond acceptors (Lipinski definition) is 6. The van der Waals surface area contributed by atoms with Crippen LogP contribution >= 0.6 is 0 Å². The molecule has 2 heterocycles. The second-order valence-corrected chi connectivity index (χ2v) is 13.1. The first kappa shape index (κ1) is 32.8. The monoisotopic (exact) mass is 627 g/mol. The van der Waals surface area contributed by atoms with Gasteiger partial charge in [-0.1, -0.05) is 52.0 Å². The number of hydrogen-bond donors (Lipinski definition) is 3. The van der Waals surface area contributed by atoms with Crippen molar-refractivity contribution in [2.75, 3.05) is 48.8 Å². The minimum atomic E-state index is -0.290. The fourth-order valence-electron chi connectivity index (χ4n) is 5.87. The van der Waals surface area contributed by atoms with E-state index in [2.05, 4.69) is 27.8 Å². The molecule has 5 rings (SSSR count). The molecule has 10 nitrogen and oxygen atoms in total. The van der Waals surface area contributed by atoms with E-state index in [1.54, 1.807) is 30.3 Å². The van der Waals surface area contributed by atoms with E-state index in [0.29, 0.717) is 66.8 Å². The van der Waals surface area contributed by atoms with Gasteiger partial charge in [0.2, 0.25) is 5.91 Å². The number of amides is 4. The molecule has 0 aliphatic carbocycles. The Balaban J connectivity index is 1.26. The molecule has 1 unspecified atom stereocenters. The molecule has 3 aromatic carbocycles. The summed E-state index contributed by atoms with van der Waals surface area (Å²) in [5.41, 5.74) is 2.94. The molecule has 0 radical (unpaired) electrons. The number of carbonyl (C=O) groups is 3. The van der Waals surface area contributed by atoms with E-state index in [-0.39, 0.29) is 29.3 Å². The lowest BCUT2D eigenvalue weighted by molar-refractivity contribution is -0.117. The van der Waals surface area contributed by atoms with Crippen molar-refractivity contribution in [2.24, 2.45) is 5.41 Å². The van der Waals surface area contributed by atoms with Crippen LogP contribution in [0, 0.1) is 5.41 Å². The normalized spacial score (nSPS) is 16.0. The molecule has 244 valence electrons. The molecule has 46 heavy (non-hydrogen) atoms. The van der Waals surface area contributed by atoms with E-state index in [4.69, 9.17) is 9.47 Å². The molecule has 3 aromatic rings. The molecule has 2 aliphatic heterocycles. The van der Waals surface area contributed by atoms with Crippen molar-refractivity contribution in [3.8, 4) is 11.5 Å². The van der Waals surface area contributed by atoms with Crippen molar-refractivity contribution in [3.63, 3.8) is 0 Å². The average Bonchev–Trinajstić information content (AvgIpc) is 3.48. The Hall–Kier alpha value is -4.57. The number of likely N-dealkylation sites (N-methyl/N-ethyl adjacent to an activating group) is 1. The Bertz CT molecular complexity index is 1530. The summed E-state index contributed by atoms with van der Waals surface area (Å²) in [6.45, 7) is 12.1. The third-order valence-corrected chi connectivity index (χ3v) is 8.15. The maximum Gasteiger partial charge on any atom is 0.322 e. The first-order chi connectivity index (χ1) is 22.1. The zero-order valence-electron chi connectivity index (χ0n) is 27.2. The van der Waals surface area contributed by atoms with Crippen LogP contribution < -0.4 is 25.4 Å². The first-order valence-corrected chi connectivity index (χ1v) is 16.1. The van der Waals surface area contributed by atoms with Gasteiger partial charge in [0.05, 0.1) is 11.4 Å². The Morgan fingerprint density at radius 3 is 2.28 bits per heavy atom. The van der Waals surface area contributed by atoms with Crippen molar-refractivity contribution in [1.29, 1.82) is 0 Å². The van der Waals surface area contributed by atoms with Crippen molar-refractivity contribution in [2.45, 2.75) is 59.5 Å². The Morgan fingerprint density at radius 1 is 0.891 bits per heavy atom. The molecule has 1 atom stereocenters. The highest BCUT2D eigenvalue weighted by atomic mass is 16.6. The van der Waals surface area contributed by atoms with Gasteiger partial charge in [-0.25, -0.2) is 4.79 Å². The highest BCUT2D eigenvalue weighted by Gasteiger charge is 2.28. The Labute approximate surface area is 271 Å². The lowest BCUT2D eigenvalue weighted by atomic mass is 9.92. The van der Waals surface area contributed by atoms with Crippen LogP contribution in [0.3, 0.4) is 0 Å². The maximum absolute atomic E-state index is 13.7. The van der Waals surface area contributed by atoms with Crippen molar-refractivity contribution in [1.82, 2.24) is 9.80 Å². The second kappa shape index (κ2) is 14.7. The van der Waals surface area contributed by atoms with Crippen LogP contribution in [0.2, 0.25) is 0 Å². The number of benzene rings is 3. The summed E-state index contributed by atoms with van der Waals surface area (Å²) in [4.78, 5) is 43.7. The van der Waals surface area contributed by atoms with Gasteiger partial charge in [-0.3, -0.25) is 14.5 Å². The number of ether oxygens (including phenoxy) is 2. The van der Waals surface area contributed by atoms with Crippen molar-refractivity contribution < 1.29 is 23.9 Å². The van der Waals surface area contributed by atoms with Gasteiger partial charge in [0.25, 0.3) is 5.91 Å². The summed E-state index contributed by atoms with van der Waals surface area (Å²) < 4.78 is 11.3. The Morgan fingerprint density at radius 2 is 1.59 bits per heavy atom. The molecular weight excluding hydrogens is 582 g/mol. The van der Waals surface area contributed by atoms with Gasteiger partial charge in [-0.15, -0.1) is 0 Å². The van der Waals surface area contributed by atoms with Crippen LogP contribution in [-0.2, 0) is 11.3 Å². The van der Waals surface area contributed by atoms with E-state index < -0.39 is 0 Å². The molecular formula is C36H45N5O5. The SMILES string of the molecule is CCN1CCCC1CN(Cc1ccc(C(=O)Nc2ccccc2NC(=O)CC(C)(C)C)cc1)C(=O)Nc1ccc2c(c1)OCCO2. The molecule has 4 amide bonds. The third-order valence-electron chi connectivity index (χ3n) is 8.15. The number of para-hydroxylation sites is 2. The summed E-state index contributed by atoms with van der Waals surface area (Å²) >= 11 is 0. The summed E-state index contributed by atoms with van der Waals surface area (Å²) in [5, 5.41) is 8.90. The van der Waals surface area contributed by atoms with Crippen molar-refractivity contribution in [3.05, 3.63) is 77.9 Å². The fraction of sp³-hybridized carbons (Fsp3) is 0.417. The lowest BCUT2D eigenvalue weighted by Gasteiger charge is -2.30. The minimum absolute atomic E-state index is 0.110. The topological polar surface area (TPSA) is 112 Å². The van der Waals surface area contributed by atoms with E-state index in [1.165, 1.54) is 0 Å². The van der Waals surface area contributed by atoms with Gasteiger partial charge in [0, 0.05) is 42.9 Å². The summed E-state index contributed by atoms with van der Waals surface area (Å²) in [6.07, 6.45) is 2.52. The van der Waals surface area contributed by atoms with Gasteiger partial charge >= 0.3 is 6.03 Å². The molecule has 0 spiro atoms. The van der Waals surface area contributed by atoms with Crippen LogP contribution in [-0.4, -0.2) is 66.5 Å². The summed E-state index contributed by atoms with van der Waals surface area (Å²) in [7, 11) is 0. The molecule has 1 saturated heterocycles. The molecule has 3 N–H and O–H groups in total. The van der Waals surface area contributed by atoms with Gasteiger partial charge < -0.3 is 30.3 Å². The average molecular weight is 628 g/mol. The highest BCUT2D eigenvalue weighted by Crippen LogP contribution is 2.33. The summed E-state index contributed by atoms with van der Waals surface area (Å²) in [6, 6.07) is 19.9. The van der Waals surface area contributed by atoms with Gasteiger partial charge in [-0.05, 0) is 73.3 Å². The van der Waals surface area contributed by atoms with E-state index in [9.17, 15) is 14.4 Å². The van der Waals surface area contributed by atoms with Gasteiger partial charge in [-0.2, -0.15) is 0 Å². The summed E-state index contributed by atoms with van der Waals surface area (Å²) in [5.74, 6) is 0.887. The molecule has 1 fully saturated rings. The molecule has 2 aliphatic rings. The van der Waals surface area contributed by atoms with E-state index in [1.807, 2.05) is 62.1 Å². The van der Waals surface area contributed by atoms with Crippen LogP contribution in [0.25, 0.3) is 0 Å². The predicted octanol–water partition coefficient (Wildman–Crippen LogP) is 6.60. The molecule has 0 saturated carbocycles. The van der Waals surface area contributed by atoms with Gasteiger partial charge in [0.15, 0.2) is 11.5 Å². The largest absolute Gasteiger partial charge is 0.486 e. The van der Waals surface area contributed by atoms with Crippen LogP contribution in [0.5, 0.6) is 11.5 Å². The number of rotatable bonds is 10.